The summed E-state index contributed by atoms with van der Waals surface area (Å²) in [6, 6.07) is 0.159. The van der Waals surface area contributed by atoms with Crippen LogP contribution in [0.4, 0.5) is 0 Å². The van der Waals surface area contributed by atoms with Gasteiger partial charge in [-0.3, -0.25) is 0 Å². The number of quaternary nitrogens is 1. The lowest BCUT2D eigenvalue weighted by Crippen LogP contribution is -2.65. The summed E-state index contributed by atoms with van der Waals surface area (Å²) in [6.45, 7) is 3.73. The molecule has 70 valence electrons. The first-order valence-electron chi connectivity index (χ1n) is 4.36. The molecule has 1 aliphatic heterocycles. The van der Waals surface area contributed by atoms with Gasteiger partial charge in [0, 0.05) is 6.42 Å². The normalized spacial score (nSPS) is 51.0. The van der Waals surface area contributed by atoms with Gasteiger partial charge in [-0.1, -0.05) is 0 Å². The first kappa shape index (κ1) is 8.44. The summed E-state index contributed by atoms with van der Waals surface area (Å²) in [6.07, 6.45) is 0.0996. The topological polar surface area (TPSA) is 66.3 Å². The van der Waals surface area contributed by atoms with Crippen LogP contribution in [-0.2, 0) is 9.47 Å². The molecule has 0 amide bonds. The monoisotopic (exact) mass is 174 g/mol. The van der Waals surface area contributed by atoms with Gasteiger partial charge in [-0.05, 0) is 13.8 Å². The number of hydrogen-bond donors (Lipinski definition) is 2. The second-order valence-electron chi connectivity index (χ2n) is 4.13. The zero-order valence-electron chi connectivity index (χ0n) is 7.49. The van der Waals surface area contributed by atoms with Crippen molar-refractivity contribution in [2.24, 2.45) is 0 Å². The Morgan fingerprint density at radius 3 is 2.50 bits per heavy atom. The van der Waals surface area contributed by atoms with Crippen molar-refractivity contribution in [3.63, 3.8) is 0 Å². The fourth-order valence-corrected chi connectivity index (χ4v) is 2.06. The molecule has 2 unspecified atom stereocenters. The molecule has 4 N–H and O–H groups in total. The van der Waals surface area contributed by atoms with Crippen LogP contribution in [0.15, 0.2) is 0 Å². The molecule has 0 radical (unpaired) electrons. The van der Waals surface area contributed by atoms with E-state index >= 15 is 0 Å². The predicted octanol–water partition coefficient (Wildman–Crippen LogP) is -1.12. The summed E-state index contributed by atoms with van der Waals surface area (Å²) in [5, 5.41) is 9.56. The molecule has 1 aliphatic carbocycles. The molecule has 2 fully saturated rings. The summed E-state index contributed by atoms with van der Waals surface area (Å²) in [7, 11) is 0. The third kappa shape index (κ3) is 1.15. The Bertz CT molecular complexity index is 177. The van der Waals surface area contributed by atoms with E-state index in [1.54, 1.807) is 0 Å². The van der Waals surface area contributed by atoms with E-state index < -0.39 is 11.9 Å². The Labute approximate surface area is 71.6 Å². The van der Waals surface area contributed by atoms with Crippen LogP contribution in [0.25, 0.3) is 0 Å². The minimum atomic E-state index is -0.549. The lowest BCUT2D eigenvalue weighted by molar-refractivity contribution is -0.436. The minimum Gasteiger partial charge on any atom is -0.390 e. The molecule has 4 nitrogen and oxygen atoms in total. The smallest absolute Gasteiger partial charge is 0.164 e. The van der Waals surface area contributed by atoms with Crippen LogP contribution in [0.2, 0.25) is 0 Å². The van der Waals surface area contributed by atoms with Crippen molar-refractivity contribution in [3.05, 3.63) is 0 Å². The molecule has 0 spiro atoms. The van der Waals surface area contributed by atoms with Crippen molar-refractivity contribution in [1.82, 2.24) is 0 Å². The van der Waals surface area contributed by atoms with Crippen LogP contribution >= 0.6 is 0 Å². The quantitative estimate of drug-likeness (QED) is 0.489. The zero-order valence-corrected chi connectivity index (χ0v) is 7.49. The molecular formula is C8H16NO3+. The number of ether oxygens (including phenoxy) is 2. The number of aliphatic hydroxyl groups is 1. The fraction of sp³-hybridized carbons (Fsp3) is 1.00. The van der Waals surface area contributed by atoms with Crippen molar-refractivity contribution < 1.29 is 20.3 Å². The Balaban J connectivity index is 2.15. The highest BCUT2D eigenvalue weighted by atomic mass is 16.8. The molecule has 0 aromatic heterocycles. The molecular weight excluding hydrogens is 158 g/mol. The largest absolute Gasteiger partial charge is 0.390 e. The molecule has 0 aromatic carbocycles. The van der Waals surface area contributed by atoms with Gasteiger partial charge in [0.2, 0.25) is 0 Å². The van der Waals surface area contributed by atoms with E-state index in [4.69, 9.17) is 9.47 Å². The van der Waals surface area contributed by atoms with Gasteiger partial charge < -0.3 is 20.3 Å². The van der Waals surface area contributed by atoms with Gasteiger partial charge in [0.15, 0.2) is 5.79 Å². The van der Waals surface area contributed by atoms with Gasteiger partial charge in [0.05, 0.1) is 6.10 Å². The van der Waals surface area contributed by atoms with Crippen LogP contribution in [0.1, 0.15) is 20.3 Å². The average molecular weight is 174 g/mol. The third-order valence-electron chi connectivity index (χ3n) is 2.55. The fourth-order valence-electron chi connectivity index (χ4n) is 2.06. The highest BCUT2D eigenvalue weighted by molar-refractivity contribution is 4.97. The second-order valence-corrected chi connectivity index (χ2v) is 4.13. The van der Waals surface area contributed by atoms with Crippen LogP contribution < -0.4 is 5.73 Å². The second kappa shape index (κ2) is 2.42. The van der Waals surface area contributed by atoms with Crippen molar-refractivity contribution in [3.8, 4) is 0 Å². The Morgan fingerprint density at radius 2 is 1.92 bits per heavy atom. The predicted molar refractivity (Wildman–Crippen MR) is 41.1 cm³/mol. The van der Waals surface area contributed by atoms with E-state index in [-0.39, 0.29) is 18.2 Å². The zero-order chi connectivity index (χ0) is 8.93. The first-order chi connectivity index (χ1) is 5.49. The van der Waals surface area contributed by atoms with Crippen LogP contribution in [0, 0.1) is 0 Å². The molecule has 2 rings (SSSR count). The first-order valence-corrected chi connectivity index (χ1v) is 4.36. The lowest BCUT2D eigenvalue weighted by atomic mass is 10.2. The van der Waals surface area contributed by atoms with Crippen LogP contribution in [0.3, 0.4) is 0 Å². The van der Waals surface area contributed by atoms with Gasteiger partial charge >= 0.3 is 0 Å². The SMILES string of the molecule is CC1(C)O[C@@H]2C(O)CC([NH3+])[C@@H]2O1. The van der Waals surface area contributed by atoms with E-state index in [2.05, 4.69) is 5.73 Å². The number of rotatable bonds is 0. The van der Waals surface area contributed by atoms with Gasteiger partial charge in [-0.2, -0.15) is 0 Å². The van der Waals surface area contributed by atoms with Gasteiger partial charge in [0.1, 0.15) is 18.2 Å². The highest BCUT2D eigenvalue weighted by Gasteiger charge is 2.54. The minimum absolute atomic E-state index is 0.0185. The summed E-state index contributed by atoms with van der Waals surface area (Å²) >= 11 is 0. The summed E-state index contributed by atoms with van der Waals surface area (Å²) < 4.78 is 11.2. The molecule has 1 saturated heterocycles. The standard InChI is InChI=1S/C8H15NO3/c1-8(2)11-6-4(9)3-5(10)7(6)12-8/h4-7,10H,3,9H2,1-2H3/p+1/t4?,5?,6-,7+/m0/s1. The molecule has 12 heavy (non-hydrogen) atoms. The van der Waals surface area contributed by atoms with Crippen molar-refractivity contribution >= 4 is 0 Å². The van der Waals surface area contributed by atoms with Crippen LogP contribution in [-0.4, -0.2) is 35.2 Å². The summed E-state index contributed by atoms with van der Waals surface area (Å²) in [5.74, 6) is -0.549. The molecule has 1 saturated carbocycles. The van der Waals surface area contributed by atoms with Crippen molar-refractivity contribution in [2.45, 2.75) is 50.4 Å². The van der Waals surface area contributed by atoms with Gasteiger partial charge in [-0.15, -0.1) is 0 Å². The van der Waals surface area contributed by atoms with E-state index in [1.807, 2.05) is 13.8 Å². The number of aliphatic hydroxyl groups excluding tert-OH is 1. The maximum atomic E-state index is 9.56. The van der Waals surface area contributed by atoms with E-state index in [0.29, 0.717) is 6.42 Å². The molecule has 4 atom stereocenters. The van der Waals surface area contributed by atoms with E-state index in [9.17, 15) is 5.11 Å². The average Bonchev–Trinajstić information content (AvgIpc) is 2.34. The Kier molecular flexibility index (Phi) is 1.70. The molecule has 0 bridgehead atoms. The van der Waals surface area contributed by atoms with E-state index in [0.717, 1.165) is 0 Å². The molecule has 2 aliphatic rings. The van der Waals surface area contributed by atoms with Gasteiger partial charge in [0.25, 0.3) is 0 Å². The number of hydrogen-bond acceptors (Lipinski definition) is 3. The van der Waals surface area contributed by atoms with E-state index in [1.165, 1.54) is 0 Å². The molecule has 1 heterocycles. The maximum Gasteiger partial charge on any atom is 0.164 e. The lowest BCUT2D eigenvalue weighted by Gasteiger charge is -2.19. The Morgan fingerprint density at radius 1 is 1.33 bits per heavy atom. The highest BCUT2D eigenvalue weighted by Crippen LogP contribution is 2.36. The summed E-state index contributed by atoms with van der Waals surface area (Å²) in [5.41, 5.74) is 3.93. The number of fused-ring (bicyclic) bond motifs is 1. The molecule has 4 heteroatoms. The summed E-state index contributed by atoms with van der Waals surface area (Å²) in [4.78, 5) is 0. The third-order valence-corrected chi connectivity index (χ3v) is 2.55. The van der Waals surface area contributed by atoms with Crippen molar-refractivity contribution in [1.29, 1.82) is 0 Å². The van der Waals surface area contributed by atoms with Gasteiger partial charge in [-0.25, -0.2) is 0 Å². The van der Waals surface area contributed by atoms with Crippen LogP contribution in [0.5, 0.6) is 0 Å². The maximum absolute atomic E-state index is 9.56. The van der Waals surface area contributed by atoms with Crippen molar-refractivity contribution in [2.75, 3.05) is 0 Å². The molecule has 0 aromatic rings. The Hall–Kier alpha value is -0.160.